The van der Waals surface area contributed by atoms with Gasteiger partial charge in [-0.3, -0.25) is 0 Å². The summed E-state index contributed by atoms with van der Waals surface area (Å²) in [6.07, 6.45) is 7.08. The third-order valence-corrected chi connectivity index (χ3v) is 6.96. The first-order valence-electron chi connectivity index (χ1n) is 10.8. The molecule has 0 spiro atoms. The number of piperidine rings is 1. The standard InChI is InChI=1S/C21H24N8S/c1-2-6-17-22-24-20(28(17)11-3-1)15-5-4-10-27(13-15)19-8-7-18-23-25-21(29(18)26-19)16-9-12-30-14-16/h7-9,12,14-15H,1-6,10-11,13H2. The molecule has 6 rings (SSSR count). The lowest BCUT2D eigenvalue weighted by Gasteiger charge is -2.33. The van der Waals surface area contributed by atoms with Crippen LogP contribution in [0.25, 0.3) is 17.0 Å². The minimum absolute atomic E-state index is 0.396. The number of thiophene rings is 1. The van der Waals surface area contributed by atoms with Crippen LogP contribution in [0.4, 0.5) is 5.82 Å². The second-order valence-corrected chi connectivity index (χ2v) is 9.00. The average molecular weight is 421 g/mol. The van der Waals surface area contributed by atoms with Crippen LogP contribution in [0.5, 0.6) is 0 Å². The van der Waals surface area contributed by atoms with E-state index in [9.17, 15) is 0 Å². The highest BCUT2D eigenvalue weighted by Gasteiger charge is 2.28. The van der Waals surface area contributed by atoms with Crippen molar-refractivity contribution in [1.82, 2.24) is 34.6 Å². The molecule has 2 aliphatic heterocycles. The topological polar surface area (TPSA) is 77.0 Å². The van der Waals surface area contributed by atoms with Crippen LogP contribution in [-0.4, -0.2) is 47.7 Å². The van der Waals surface area contributed by atoms with Crippen LogP contribution in [-0.2, 0) is 13.0 Å². The van der Waals surface area contributed by atoms with Gasteiger partial charge in [-0.15, -0.1) is 25.5 Å². The molecular weight excluding hydrogens is 396 g/mol. The van der Waals surface area contributed by atoms with E-state index in [1.165, 1.54) is 30.9 Å². The van der Waals surface area contributed by atoms with E-state index in [0.29, 0.717) is 5.92 Å². The molecule has 30 heavy (non-hydrogen) atoms. The lowest BCUT2D eigenvalue weighted by atomic mass is 9.97. The van der Waals surface area contributed by atoms with Crippen molar-refractivity contribution in [3.8, 4) is 11.4 Å². The predicted molar refractivity (Wildman–Crippen MR) is 116 cm³/mol. The fourth-order valence-electron chi connectivity index (χ4n) is 4.73. The molecule has 1 saturated heterocycles. The third kappa shape index (κ3) is 3.08. The molecular formula is C21H24N8S. The Morgan fingerprint density at radius 1 is 0.933 bits per heavy atom. The van der Waals surface area contributed by atoms with Crippen LogP contribution in [0, 0.1) is 0 Å². The number of fused-ring (bicyclic) bond motifs is 2. The van der Waals surface area contributed by atoms with Crippen LogP contribution < -0.4 is 4.90 Å². The summed E-state index contributed by atoms with van der Waals surface area (Å²) in [5.74, 6) is 4.50. The van der Waals surface area contributed by atoms with Crippen molar-refractivity contribution in [2.24, 2.45) is 0 Å². The van der Waals surface area contributed by atoms with E-state index >= 15 is 0 Å². The SMILES string of the molecule is c1cc(-c2nnc3ccc(N4CCCC(c5nnc6n5CCCCC6)C4)nn23)cs1. The molecule has 154 valence electrons. The van der Waals surface area contributed by atoms with Crippen molar-refractivity contribution in [2.45, 2.75) is 51.0 Å². The number of aryl methyl sites for hydroxylation is 1. The largest absolute Gasteiger partial charge is 0.354 e. The third-order valence-electron chi connectivity index (χ3n) is 6.28. The molecule has 0 aliphatic carbocycles. The van der Waals surface area contributed by atoms with E-state index in [0.717, 1.165) is 61.7 Å². The molecule has 0 N–H and O–H groups in total. The zero-order valence-electron chi connectivity index (χ0n) is 16.8. The number of rotatable bonds is 3. The Kier molecular flexibility index (Phi) is 4.48. The summed E-state index contributed by atoms with van der Waals surface area (Å²) in [5, 5.41) is 26.8. The first-order valence-corrected chi connectivity index (χ1v) is 11.7. The molecule has 2 aliphatic rings. The van der Waals surface area contributed by atoms with E-state index in [1.807, 2.05) is 10.6 Å². The van der Waals surface area contributed by atoms with Crippen LogP contribution in [0.3, 0.4) is 0 Å². The molecule has 0 bridgehead atoms. The Hall–Kier alpha value is -2.81. The van der Waals surface area contributed by atoms with Crippen molar-refractivity contribution in [2.75, 3.05) is 18.0 Å². The maximum atomic E-state index is 4.91. The predicted octanol–water partition coefficient (Wildman–Crippen LogP) is 3.55. The van der Waals surface area contributed by atoms with E-state index in [1.54, 1.807) is 11.3 Å². The van der Waals surface area contributed by atoms with Gasteiger partial charge < -0.3 is 9.47 Å². The number of hydrogen-bond acceptors (Lipinski definition) is 7. The first kappa shape index (κ1) is 18.0. The van der Waals surface area contributed by atoms with E-state index < -0.39 is 0 Å². The summed E-state index contributed by atoms with van der Waals surface area (Å²) in [7, 11) is 0. The fourth-order valence-corrected chi connectivity index (χ4v) is 5.36. The Morgan fingerprint density at radius 2 is 1.93 bits per heavy atom. The Bertz CT molecular complexity index is 1160. The fraction of sp³-hybridized carbons (Fsp3) is 0.476. The second kappa shape index (κ2) is 7.46. The van der Waals surface area contributed by atoms with Crippen molar-refractivity contribution < 1.29 is 0 Å². The van der Waals surface area contributed by atoms with Crippen LogP contribution in [0.2, 0.25) is 0 Å². The minimum Gasteiger partial charge on any atom is -0.354 e. The normalized spacial score (nSPS) is 19.7. The summed E-state index contributed by atoms with van der Waals surface area (Å²) in [4.78, 5) is 2.38. The molecule has 0 aromatic carbocycles. The number of hydrogen-bond donors (Lipinski definition) is 0. The van der Waals surface area contributed by atoms with Gasteiger partial charge in [0, 0.05) is 42.9 Å². The number of nitrogens with zero attached hydrogens (tertiary/aromatic N) is 8. The molecule has 8 nitrogen and oxygen atoms in total. The van der Waals surface area contributed by atoms with E-state index in [2.05, 4.69) is 52.8 Å². The summed E-state index contributed by atoms with van der Waals surface area (Å²) in [6, 6.07) is 6.13. The molecule has 0 radical (unpaired) electrons. The summed E-state index contributed by atoms with van der Waals surface area (Å²) >= 11 is 1.66. The molecule has 0 amide bonds. The molecule has 6 heterocycles. The molecule has 1 atom stereocenters. The van der Waals surface area contributed by atoms with Crippen molar-refractivity contribution >= 4 is 22.8 Å². The average Bonchev–Trinajstić information content (AvgIpc) is 3.50. The number of aromatic nitrogens is 7. The quantitative estimate of drug-likeness (QED) is 0.504. The Labute approximate surface area is 178 Å². The zero-order chi connectivity index (χ0) is 19.9. The molecule has 4 aromatic rings. The van der Waals surface area contributed by atoms with Gasteiger partial charge in [0.2, 0.25) is 0 Å². The van der Waals surface area contributed by atoms with Gasteiger partial charge in [-0.1, -0.05) is 6.42 Å². The summed E-state index contributed by atoms with van der Waals surface area (Å²) in [5.41, 5.74) is 1.83. The van der Waals surface area contributed by atoms with Gasteiger partial charge >= 0.3 is 0 Å². The molecule has 4 aromatic heterocycles. The molecule has 0 saturated carbocycles. The minimum atomic E-state index is 0.396. The van der Waals surface area contributed by atoms with Gasteiger partial charge in [-0.25, -0.2) is 0 Å². The van der Waals surface area contributed by atoms with Gasteiger partial charge in [0.1, 0.15) is 17.5 Å². The molecule has 1 fully saturated rings. The van der Waals surface area contributed by atoms with E-state index in [-0.39, 0.29) is 0 Å². The zero-order valence-corrected chi connectivity index (χ0v) is 17.6. The number of anilines is 1. The van der Waals surface area contributed by atoms with Crippen LogP contribution in [0.15, 0.2) is 29.0 Å². The molecule has 1 unspecified atom stereocenters. The van der Waals surface area contributed by atoms with Crippen LogP contribution in [0.1, 0.15) is 49.7 Å². The Morgan fingerprint density at radius 3 is 2.87 bits per heavy atom. The maximum Gasteiger partial charge on any atom is 0.186 e. The van der Waals surface area contributed by atoms with Gasteiger partial charge in [0.05, 0.1) is 0 Å². The second-order valence-electron chi connectivity index (χ2n) is 8.22. The van der Waals surface area contributed by atoms with Gasteiger partial charge in [0.25, 0.3) is 0 Å². The van der Waals surface area contributed by atoms with Gasteiger partial charge in [-0.2, -0.15) is 15.9 Å². The highest BCUT2D eigenvalue weighted by molar-refractivity contribution is 7.08. The van der Waals surface area contributed by atoms with Crippen molar-refractivity contribution in [1.29, 1.82) is 0 Å². The lowest BCUT2D eigenvalue weighted by molar-refractivity contribution is 0.463. The lowest BCUT2D eigenvalue weighted by Crippen LogP contribution is -2.36. The first-order chi connectivity index (χ1) is 14.9. The van der Waals surface area contributed by atoms with Gasteiger partial charge in [-0.05, 0) is 49.3 Å². The summed E-state index contributed by atoms with van der Waals surface area (Å²) < 4.78 is 4.26. The highest BCUT2D eigenvalue weighted by atomic mass is 32.1. The maximum absolute atomic E-state index is 4.91. The van der Waals surface area contributed by atoms with Gasteiger partial charge in [0.15, 0.2) is 11.5 Å². The molecule has 9 heteroatoms. The monoisotopic (exact) mass is 420 g/mol. The smallest absolute Gasteiger partial charge is 0.186 e. The Balaban J connectivity index is 1.30. The summed E-state index contributed by atoms with van der Waals surface area (Å²) in [6.45, 7) is 2.99. The van der Waals surface area contributed by atoms with Crippen molar-refractivity contribution in [3.05, 3.63) is 40.6 Å². The van der Waals surface area contributed by atoms with E-state index in [4.69, 9.17) is 5.10 Å². The highest BCUT2D eigenvalue weighted by Crippen LogP contribution is 2.30. The van der Waals surface area contributed by atoms with Crippen molar-refractivity contribution in [3.63, 3.8) is 0 Å². The van der Waals surface area contributed by atoms with Crippen LogP contribution >= 0.6 is 11.3 Å².